The Kier molecular flexibility index (Phi) is 3.36. The standard InChI is InChI=1S/C11H20O3S/c12-11(10-3-1-2-4-10)7-9-5-6-15(13,14)8-9/h9-12H,1-8H2. The summed E-state index contributed by atoms with van der Waals surface area (Å²) in [6.45, 7) is 0. The monoisotopic (exact) mass is 232 g/mol. The zero-order chi connectivity index (χ0) is 10.9. The average molecular weight is 232 g/mol. The van der Waals surface area contributed by atoms with Crippen LogP contribution in [0.25, 0.3) is 0 Å². The summed E-state index contributed by atoms with van der Waals surface area (Å²) in [5.41, 5.74) is 0. The Morgan fingerprint density at radius 1 is 1.20 bits per heavy atom. The molecule has 1 saturated carbocycles. The van der Waals surface area contributed by atoms with E-state index in [-0.39, 0.29) is 12.0 Å². The maximum Gasteiger partial charge on any atom is 0.150 e. The topological polar surface area (TPSA) is 54.4 Å². The molecule has 1 N–H and O–H groups in total. The van der Waals surface area contributed by atoms with Gasteiger partial charge in [0.1, 0.15) is 0 Å². The van der Waals surface area contributed by atoms with Gasteiger partial charge in [-0.05, 0) is 37.5 Å². The molecule has 1 aliphatic heterocycles. The zero-order valence-electron chi connectivity index (χ0n) is 9.06. The fraction of sp³-hybridized carbons (Fsp3) is 1.00. The molecule has 0 aromatic rings. The molecular formula is C11H20O3S. The summed E-state index contributed by atoms with van der Waals surface area (Å²) in [4.78, 5) is 0. The van der Waals surface area contributed by atoms with Crippen molar-refractivity contribution < 1.29 is 13.5 Å². The van der Waals surface area contributed by atoms with Crippen molar-refractivity contribution in [2.75, 3.05) is 11.5 Å². The van der Waals surface area contributed by atoms with Crippen LogP contribution in [0.15, 0.2) is 0 Å². The molecule has 2 atom stereocenters. The van der Waals surface area contributed by atoms with Crippen molar-refractivity contribution in [2.45, 2.75) is 44.6 Å². The van der Waals surface area contributed by atoms with E-state index in [1.807, 2.05) is 0 Å². The smallest absolute Gasteiger partial charge is 0.150 e. The van der Waals surface area contributed by atoms with Gasteiger partial charge in [-0.15, -0.1) is 0 Å². The first kappa shape index (κ1) is 11.4. The van der Waals surface area contributed by atoms with Crippen LogP contribution in [0.3, 0.4) is 0 Å². The lowest BCUT2D eigenvalue weighted by molar-refractivity contribution is 0.0877. The first-order valence-corrected chi connectivity index (χ1v) is 7.77. The third kappa shape index (κ3) is 2.94. The zero-order valence-corrected chi connectivity index (χ0v) is 9.88. The van der Waals surface area contributed by atoms with Gasteiger partial charge in [0.25, 0.3) is 0 Å². The molecule has 0 spiro atoms. The molecular weight excluding hydrogens is 212 g/mol. The van der Waals surface area contributed by atoms with E-state index in [1.165, 1.54) is 12.8 Å². The van der Waals surface area contributed by atoms with E-state index >= 15 is 0 Å². The van der Waals surface area contributed by atoms with Crippen molar-refractivity contribution >= 4 is 9.84 Å². The SMILES string of the molecule is O=S1(=O)CCC(CC(O)C2CCCC2)C1. The fourth-order valence-corrected chi connectivity index (χ4v) is 4.81. The predicted molar refractivity (Wildman–Crippen MR) is 59.3 cm³/mol. The molecule has 88 valence electrons. The van der Waals surface area contributed by atoms with Crippen molar-refractivity contribution in [3.8, 4) is 0 Å². The normalized spacial score (nSPS) is 33.3. The quantitative estimate of drug-likeness (QED) is 0.799. The molecule has 0 radical (unpaired) electrons. The Hall–Kier alpha value is -0.0900. The van der Waals surface area contributed by atoms with Crippen molar-refractivity contribution in [2.24, 2.45) is 11.8 Å². The third-order valence-electron chi connectivity index (χ3n) is 3.85. The van der Waals surface area contributed by atoms with Crippen molar-refractivity contribution in [3.63, 3.8) is 0 Å². The van der Waals surface area contributed by atoms with Crippen LogP contribution in [0.1, 0.15) is 38.5 Å². The molecule has 0 aromatic carbocycles. The van der Waals surface area contributed by atoms with Crippen LogP contribution in [0.4, 0.5) is 0 Å². The Balaban J connectivity index is 1.82. The van der Waals surface area contributed by atoms with Gasteiger partial charge in [0.05, 0.1) is 17.6 Å². The number of aliphatic hydroxyl groups is 1. The Morgan fingerprint density at radius 3 is 2.40 bits per heavy atom. The molecule has 4 heteroatoms. The maximum atomic E-state index is 11.3. The number of sulfone groups is 1. The van der Waals surface area contributed by atoms with Gasteiger partial charge in [-0.25, -0.2) is 8.42 Å². The van der Waals surface area contributed by atoms with Gasteiger partial charge in [0, 0.05) is 0 Å². The number of hydrogen-bond donors (Lipinski definition) is 1. The summed E-state index contributed by atoms with van der Waals surface area (Å²) in [6, 6.07) is 0. The van der Waals surface area contributed by atoms with E-state index in [9.17, 15) is 13.5 Å². The lowest BCUT2D eigenvalue weighted by atomic mass is 9.91. The largest absolute Gasteiger partial charge is 0.393 e. The van der Waals surface area contributed by atoms with E-state index in [4.69, 9.17) is 0 Å². The molecule has 0 aromatic heterocycles. The Morgan fingerprint density at radius 2 is 1.87 bits per heavy atom. The summed E-state index contributed by atoms with van der Waals surface area (Å²) in [7, 11) is -2.78. The highest BCUT2D eigenvalue weighted by atomic mass is 32.2. The van der Waals surface area contributed by atoms with Crippen LogP contribution >= 0.6 is 0 Å². The third-order valence-corrected chi connectivity index (χ3v) is 5.68. The highest BCUT2D eigenvalue weighted by molar-refractivity contribution is 7.91. The molecule has 0 amide bonds. The van der Waals surface area contributed by atoms with E-state index in [0.717, 1.165) is 19.3 Å². The minimum absolute atomic E-state index is 0.214. The van der Waals surface area contributed by atoms with Gasteiger partial charge in [-0.1, -0.05) is 12.8 Å². The van der Waals surface area contributed by atoms with Crippen molar-refractivity contribution in [1.29, 1.82) is 0 Å². The van der Waals surface area contributed by atoms with Crippen LogP contribution in [-0.4, -0.2) is 31.1 Å². The molecule has 2 rings (SSSR count). The van der Waals surface area contributed by atoms with Crippen molar-refractivity contribution in [1.82, 2.24) is 0 Å². The summed E-state index contributed by atoms with van der Waals surface area (Å²) < 4.78 is 22.5. The van der Waals surface area contributed by atoms with E-state index < -0.39 is 9.84 Å². The van der Waals surface area contributed by atoms with Gasteiger partial charge < -0.3 is 5.11 Å². The molecule has 0 bridgehead atoms. The lowest BCUT2D eigenvalue weighted by Crippen LogP contribution is -2.22. The Labute approximate surface area is 91.8 Å². The van der Waals surface area contributed by atoms with Gasteiger partial charge in [0.2, 0.25) is 0 Å². The highest BCUT2D eigenvalue weighted by Crippen LogP contribution is 2.32. The second kappa shape index (κ2) is 4.42. The predicted octanol–water partition coefficient (Wildman–Crippen LogP) is 1.36. The molecule has 3 nitrogen and oxygen atoms in total. The number of rotatable bonds is 3. The first-order chi connectivity index (χ1) is 7.07. The fourth-order valence-electron chi connectivity index (χ4n) is 2.93. The number of aliphatic hydroxyl groups excluding tert-OH is 1. The molecule has 2 fully saturated rings. The molecule has 1 heterocycles. The lowest BCUT2D eigenvalue weighted by Gasteiger charge is -2.20. The molecule has 2 aliphatic rings. The summed E-state index contributed by atoms with van der Waals surface area (Å²) in [6.07, 6.45) is 5.90. The summed E-state index contributed by atoms with van der Waals surface area (Å²) in [5.74, 6) is 1.28. The number of hydrogen-bond acceptors (Lipinski definition) is 3. The van der Waals surface area contributed by atoms with Gasteiger partial charge in [0.15, 0.2) is 9.84 Å². The van der Waals surface area contributed by atoms with E-state index in [2.05, 4.69) is 0 Å². The molecule has 2 unspecified atom stereocenters. The van der Waals surface area contributed by atoms with Gasteiger partial charge >= 0.3 is 0 Å². The van der Waals surface area contributed by atoms with E-state index in [0.29, 0.717) is 23.8 Å². The molecule has 15 heavy (non-hydrogen) atoms. The summed E-state index contributed by atoms with van der Waals surface area (Å²) >= 11 is 0. The van der Waals surface area contributed by atoms with E-state index in [1.54, 1.807) is 0 Å². The van der Waals surface area contributed by atoms with Gasteiger partial charge in [-0.2, -0.15) is 0 Å². The average Bonchev–Trinajstić information content (AvgIpc) is 2.74. The second-order valence-electron chi connectivity index (χ2n) is 5.12. The van der Waals surface area contributed by atoms with Crippen LogP contribution in [0, 0.1) is 11.8 Å². The van der Waals surface area contributed by atoms with Crippen LogP contribution < -0.4 is 0 Å². The molecule has 1 aliphatic carbocycles. The Bertz CT molecular complexity index is 304. The second-order valence-corrected chi connectivity index (χ2v) is 7.35. The highest BCUT2D eigenvalue weighted by Gasteiger charge is 2.32. The van der Waals surface area contributed by atoms with Crippen molar-refractivity contribution in [3.05, 3.63) is 0 Å². The summed E-state index contributed by atoms with van der Waals surface area (Å²) in [5, 5.41) is 9.98. The van der Waals surface area contributed by atoms with Gasteiger partial charge in [-0.3, -0.25) is 0 Å². The first-order valence-electron chi connectivity index (χ1n) is 5.95. The maximum absolute atomic E-state index is 11.3. The molecule has 1 saturated heterocycles. The van der Waals surface area contributed by atoms with Crippen LogP contribution in [0.2, 0.25) is 0 Å². The minimum atomic E-state index is -2.78. The van der Waals surface area contributed by atoms with Crippen LogP contribution in [-0.2, 0) is 9.84 Å². The van der Waals surface area contributed by atoms with Crippen LogP contribution in [0.5, 0.6) is 0 Å². The minimum Gasteiger partial charge on any atom is -0.393 e.